The zero-order valence-electron chi connectivity index (χ0n) is 18.0. The van der Waals surface area contributed by atoms with Crippen molar-refractivity contribution in [3.63, 3.8) is 0 Å². The molecule has 2 fully saturated rings. The molecule has 0 unspecified atom stereocenters. The van der Waals surface area contributed by atoms with Crippen LogP contribution in [0, 0.1) is 19.8 Å². The molecule has 0 saturated carbocycles. The van der Waals surface area contributed by atoms with Crippen molar-refractivity contribution in [2.75, 3.05) is 26.2 Å². The van der Waals surface area contributed by atoms with Gasteiger partial charge in [0.2, 0.25) is 11.8 Å². The van der Waals surface area contributed by atoms with Crippen molar-refractivity contribution in [3.8, 4) is 0 Å². The number of carbonyl (C=O) groups excluding carboxylic acids is 1. The van der Waals surface area contributed by atoms with Crippen LogP contribution in [-0.2, 0) is 12.0 Å². The number of amides is 1. The van der Waals surface area contributed by atoms with Gasteiger partial charge in [0, 0.05) is 57.5 Å². The first kappa shape index (κ1) is 19.9. The van der Waals surface area contributed by atoms with E-state index in [0.717, 1.165) is 37.6 Å². The van der Waals surface area contributed by atoms with E-state index in [2.05, 4.69) is 44.3 Å². The molecule has 1 amide bonds. The van der Waals surface area contributed by atoms with Gasteiger partial charge in [0.15, 0.2) is 0 Å². The largest absolute Gasteiger partial charge is 0.425 e. The highest BCUT2D eigenvalue weighted by molar-refractivity contribution is 5.94. The summed E-state index contributed by atoms with van der Waals surface area (Å²) in [5.74, 6) is 1.60. The average Bonchev–Trinajstić information content (AvgIpc) is 3.38. The molecule has 2 aliphatic heterocycles. The van der Waals surface area contributed by atoms with Crippen LogP contribution in [0.5, 0.6) is 0 Å². The van der Waals surface area contributed by atoms with Crippen molar-refractivity contribution in [1.82, 2.24) is 25.0 Å². The highest BCUT2D eigenvalue weighted by atomic mass is 16.4. The van der Waals surface area contributed by atoms with Crippen LogP contribution in [0.1, 0.15) is 39.8 Å². The summed E-state index contributed by atoms with van der Waals surface area (Å²) in [6, 6.07) is 14.3. The summed E-state index contributed by atoms with van der Waals surface area (Å²) in [7, 11) is 0. The Morgan fingerprint density at radius 2 is 1.97 bits per heavy atom. The number of fused-ring (bicyclic) bond motifs is 1. The van der Waals surface area contributed by atoms with E-state index in [4.69, 9.17) is 4.42 Å². The van der Waals surface area contributed by atoms with E-state index in [-0.39, 0.29) is 17.2 Å². The summed E-state index contributed by atoms with van der Waals surface area (Å²) < 4.78 is 5.96. The maximum absolute atomic E-state index is 13.1. The molecule has 2 atom stereocenters. The Morgan fingerprint density at radius 3 is 2.68 bits per heavy atom. The number of benzene rings is 1. The summed E-state index contributed by atoms with van der Waals surface area (Å²) in [6.45, 7) is 7.75. The van der Waals surface area contributed by atoms with Gasteiger partial charge in [-0.05, 0) is 31.0 Å². The summed E-state index contributed by atoms with van der Waals surface area (Å²) in [6.07, 6.45) is 2.49. The van der Waals surface area contributed by atoms with Crippen LogP contribution in [0.3, 0.4) is 0 Å². The van der Waals surface area contributed by atoms with Gasteiger partial charge in [0.1, 0.15) is 0 Å². The number of hydrogen-bond acceptors (Lipinski definition) is 6. The van der Waals surface area contributed by atoms with Crippen molar-refractivity contribution in [3.05, 3.63) is 77.3 Å². The van der Waals surface area contributed by atoms with E-state index < -0.39 is 0 Å². The molecule has 31 heavy (non-hydrogen) atoms. The number of rotatable bonds is 4. The maximum Gasteiger partial charge on any atom is 0.255 e. The summed E-state index contributed by atoms with van der Waals surface area (Å²) in [4.78, 5) is 21.9. The van der Waals surface area contributed by atoms with Crippen LogP contribution in [0.25, 0.3) is 0 Å². The Hall–Kier alpha value is -3.06. The fourth-order valence-corrected chi connectivity index (χ4v) is 5.06. The molecule has 0 aliphatic carbocycles. The summed E-state index contributed by atoms with van der Waals surface area (Å²) in [5.41, 5.74) is 2.63. The minimum atomic E-state index is -0.210. The first-order valence-electron chi connectivity index (χ1n) is 10.8. The normalized spacial score (nSPS) is 23.7. The fraction of sp³-hybridized carbons (Fsp3) is 0.417. The lowest BCUT2D eigenvalue weighted by molar-refractivity contribution is 0.0567. The lowest BCUT2D eigenvalue weighted by Crippen LogP contribution is -2.51. The molecule has 0 radical (unpaired) electrons. The number of pyridine rings is 1. The molecule has 2 aromatic heterocycles. The van der Waals surface area contributed by atoms with E-state index in [9.17, 15) is 4.79 Å². The molecule has 5 rings (SSSR count). The van der Waals surface area contributed by atoms with Crippen molar-refractivity contribution in [1.29, 1.82) is 0 Å². The van der Waals surface area contributed by atoms with Gasteiger partial charge in [-0.3, -0.25) is 14.7 Å². The van der Waals surface area contributed by atoms with E-state index in [1.807, 2.05) is 36.9 Å². The van der Waals surface area contributed by atoms with Gasteiger partial charge in [0.05, 0.1) is 11.0 Å². The van der Waals surface area contributed by atoms with Gasteiger partial charge >= 0.3 is 0 Å². The average molecular weight is 418 g/mol. The lowest BCUT2D eigenvalue weighted by Gasteiger charge is -2.41. The minimum absolute atomic E-state index is 0.0457. The molecular weight excluding hydrogens is 390 g/mol. The van der Waals surface area contributed by atoms with Gasteiger partial charge in [-0.15, -0.1) is 10.2 Å². The summed E-state index contributed by atoms with van der Waals surface area (Å²) in [5, 5.41) is 8.54. The standard InChI is InChI=1S/C24H27N5O2/c1-17-8-9-20(12-25-17)22(30)29-11-10-24(23-27-26-18(2)31-23)16-28(14-21(24)15-29)13-19-6-4-3-5-7-19/h3-9,12,21H,10-11,13-16H2,1-2H3/t21-,24+/m1/s1. The van der Waals surface area contributed by atoms with E-state index in [1.54, 1.807) is 6.20 Å². The molecule has 2 saturated heterocycles. The molecule has 1 aromatic carbocycles. The quantitative estimate of drug-likeness (QED) is 0.650. The molecule has 2 aliphatic rings. The second-order valence-corrected chi connectivity index (χ2v) is 8.82. The monoisotopic (exact) mass is 417 g/mol. The smallest absolute Gasteiger partial charge is 0.255 e. The van der Waals surface area contributed by atoms with E-state index >= 15 is 0 Å². The molecule has 0 N–H and O–H groups in total. The number of aryl methyl sites for hydroxylation is 2. The van der Waals surface area contributed by atoms with Crippen molar-refractivity contribution >= 4 is 5.91 Å². The lowest BCUT2D eigenvalue weighted by atomic mass is 9.72. The Balaban J connectivity index is 1.40. The molecule has 3 aromatic rings. The Bertz CT molecular complexity index is 1070. The molecule has 0 bridgehead atoms. The topological polar surface area (TPSA) is 75.4 Å². The fourth-order valence-electron chi connectivity index (χ4n) is 5.06. The van der Waals surface area contributed by atoms with Crippen molar-refractivity contribution < 1.29 is 9.21 Å². The third kappa shape index (κ3) is 3.74. The van der Waals surface area contributed by atoms with Crippen molar-refractivity contribution in [2.24, 2.45) is 5.92 Å². The van der Waals surface area contributed by atoms with Gasteiger partial charge in [-0.2, -0.15) is 0 Å². The summed E-state index contributed by atoms with van der Waals surface area (Å²) >= 11 is 0. The molecule has 4 heterocycles. The number of piperidine rings is 1. The number of hydrogen-bond donors (Lipinski definition) is 0. The SMILES string of the molecule is Cc1ccc(C(=O)N2CC[C@]3(c4nnc(C)o4)CN(Cc4ccccc4)C[C@@H]3C2)cn1. The molecule has 7 heteroatoms. The van der Waals surface area contributed by atoms with Crippen LogP contribution in [0.2, 0.25) is 0 Å². The molecule has 160 valence electrons. The van der Waals surface area contributed by atoms with Crippen LogP contribution >= 0.6 is 0 Å². The number of likely N-dealkylation sites (tertiary alicyclic amines) is 2. The third-order valence-electron chi connectivity index (χ3n) is 6.68. The highest BCUT2D eigenvalue weighted by Gasteiger charge is 2.54. The maximum atomic E-state index is 13.1. The third-order valence-corrected chi connectivity index (χ3v) is 6.68. The Morgan fingerprint density at radius 1 is 1.13 bits per heavy atom. The number of carbonyl (C=O) groups is 1. The second kappa shape index (κ2) is 7.89. The number of aromatic nitrogens is 3. The first-order valence-corrected chi connectivity index (χ1v) is 10.8. The highest BCUT2D eigenvalue weighted by Crippen LogP contribution is 2.45. The van der Waals surface area contributed by atoms with E-state index in [1.165, 1.54) is 5.56 Å². The molecule has 0 spiro atoms. The number of nitrogens with zero attached hydrogens (tertiary/aromatic N) is 5. The minimum Gasteiger partial charge on any atom is -0.425 e. The predicted molar refractivity (Wildman–Crippen MR) is 115 cm³/mol. The predicted octanol–water partition coefficient (Wildman–Crippen LogP) is 3.00. The first-order chi connectivity index (χ1) is 15.0. The Kier molecular flexibility index (Phi) is 5.06. The van der Waals surface area contributed by atoms with Crippen LogP contribution in [-0.4, -0.2) is 57.1 Å². The zero-order valence-corrected chi connectivity index (χ0v) is 18.0. The van der Waals surface area contributed by atoms with Crippen LogP contribution < -0.4 is 0 Å². The molecule has 7 nitrogen and oxygen atoms in total. The van der Waals surface area contributed by atoms with Crippen molar-refractivity contribution in [2.45, 2.75) is 32.2 Å². The second-order valence-electron chi connectivity index (χ2n) is 8.82. The van der Waals surface area contributed by atoms with Crippen LogP contribution in [0.15, 0.2) is 53.1 Å². The zero-order chi connectivity index (χ0) is 21.4. The van der Waals surface area contributed by atoms with Crippen LogP contribution in [0.4, 0.5) is 0 Å². The Labute approximate surface area is 182 Å². The van der Waals surface area contributed by atoms with Gasteiger partial charge in [-0.1, -0.05) is 30.3 Å². The van der Waals surface area contributed by atoms with Gasteiger partial charge in [-0.25, -0.2) is 0 Å². The van der Waals surface area contributed by atoms with Gasteiger partial charge in [0.25, 0.3) is 5.91 Å². The van der Waals surface area contributed by atoms with E-state index in [0.29, 0.717) is 24.5 Å². The molecular formula is C24H27N5O2. The van der Waals surface area contributed by atoms with Gasteiger partial charge < -0.3 is 9.32 Å².